The minimum Gasteiger partial charge on any atom is -0.463 e. The smallest absolute Gasteiger partial charge is 0.279 e. The first-order valence-corrected chi connectivity index (χ1v) is 7.11. The molecule has 0 aliphatic rings. The number of para-hydroxylation sites is 1. The van der Waals surface area contributed by atoms with Crippen molar-refractivity contribution in [3.8, 4) is 0 Å². The summed E-state index contributed by atoms with van der Waals surface area (Å²) in [7, 11) is 1.97. The van der Waals surface area contributed by atoms with Gasteiger partial charge in [0.05, 0.1) is 19.0 Å². The monoisotopic (exact) mass is 371 g/mol. The molecule has 2 aromatic rings. The van der Waals surface area contributed by atoms with Gasteiger partial charge < -0.3 is 14.6 Å². The maximum absolute atomic E-state index is 11.9. The highest BCUT2D eigenvalue weighted by atomic mass is 127. The highest BCUT2D eigenvalue weighted by Gasteiger charge is 2.12. The fraction of sp³-hybridized carbons (Fsp3) is 0.214. The number of likely N-dealkylation sites (N-methyl/N-ethyl adjacent to an activating group) is 1. The SMILES string of the molecule is C[NH+](CC(=O)Nc1ccccc1I)Cc1ccco1. The Morgan fingerprint density at radius 3 is 2.79 bits per heavy atom. The Balaban J connectivity index is 1.86. The molecule has 1 amide bonds. The number of anilines is 1. The van der Waals surface area contributed by atoms with Crippen molar-refractivity contribution in [2.75, 3.05) is 18.9 Å². The Labute approximate surface area is 125 Å². The van der Waals surface area contributed by atoms with E-state index >= 15 is 0 Å². The molecule has 1 heterocycles. The quantitative estimate of drug-likeness (QED) is 0.784. The molecule has 5 heteroatoms. The van der Waals surface area contributed by atoms with E-state index in [1.807, 2.05) is 43.4 Å². The standard InChI is InChI=1S/C14H15IN2O2/c1-17(9-11-5-4-8-19-11)10-14(18)16-13-7-3-2-6-12(13)15/h2-8H,9-10H2,1H3,(H,16,18)/p+1. The molecule has 2 rings (SSSR count). The maximum atomic E-state index is 11.9. The normalized spacial score (nSPS) is 12.1. The van der Waals surface area contributed by atoms with Crippen LogP contribution in [0.3, 0.4) is 0 Å². The number of rotatable bonds is 5. The molecule has 4 nitrogen and oxygen atoms in total. The molecule has 0 saturated carbocycles. The lowest BCUT2D eigenvalue weighted by molar-refractivity contribution is -0.886. The summed E-state index contributed by atoms with van der Waals surface area (Å²) in [5.41, 5.74) is 0.860. The van der Waals surface area contributed by atoms with E-state index in [0.29, 0.717) is 13.1 Å². The van der Waals surface area contributed by atoms with E-state index < -0.39 is 0 Å². The summed E-state index contributed by atoms with van der Waals surface area (Å²) >= 11 is 2.21. The van der Waals surface area contributed by atoms with E-state index in [-0.39, 0.29) is 5.91 Å². The zero-order valence-electron chi connectivity index (χ0n) is 10.7. The minimum atomic E-state index is 0.00757. The molecule has 1 aromatic carbocycles. The average molecular weight is 371 g/mol. The van der Waals surface area contributed by atoms with Crippen LogP contribution in [0.5, 0.6) is 0 Å². The van der Waals surface area contributed by atoms with Gasteiger partial charge in [-0.2, -0.15) is 0 Å². The van der Waals surface area contributed by atoms with Crippen LogP contribution < -0.4 is 10.2 Å². The molecular weight excluding hydrogens is 355 g/mol. The first-order chi connectivity index (χ1) is 9.15. The van der Waals surface area contributed by atoms with Crippen molar-refractivity contribution in [2.45, 2.75) is 6.54 Å². The molecule has 1 aromatic heterocycles. The van der Waals surface area contributed by atoms with Gasteiger partial charge in [-0.25, -0.2) is 0 Å². The van der Waals surface area contributed by atoms with Crippen molar-refractivity contribution in [2.24, 2.45) is 0 Å². The van der Waals surface area contributed by atoms with Gasteiger partial charge in [0.1, 0.15) is 6.54 Å². The average Bonchev–Trinajstić information content (AvgIpc) is 2.84. The zero-order chi connectivity index (χ0) is 13.7. The van der Waals surface area contributed by atoms with E-state index in [4.69, 9.17) is 4.42 Å². The van der Waals surface area contributed by atoms with Crippen LogP contribution in [0.1, 0.15) is 5.76 Å². The summed E-state index contributed by atoms with van der Waals surface area (Å²) in [6, 6.07) is 11.5. The number of carbonyl (C=O) groups excluding carboxylic acids is 1. The van der Waals surface area contributed by atoms with Crippen molar-refractivity contribution in [3.05, 3.63) is 52.0 Å². The number of nitrogens with one attached hydrogen (secondary N) is 2. The number of carbonyl (C=O) groups is 1. The van der Waals surface area contributed by atoms with E-state index in [0.717, 1.165) is 19.9 Å². The molecule has 0 fully saturated rings. The lowest BCUT2D eigenvalue weighted by atomic mass is 10.3. The van der Waals surface area contributed by atoms with Crippen LogP contribution in [-0.4, -0.2) is 19.5 Å². The molecule has 0 aliphatic carbocycles. The van der Waals surface area contributed by atoms with Crippen molar-refractivity contribution >= 4 is 34.2 Å². The van der Waals surface area contributed by atoms with Crippen LogP contribution in [0.25, 0.3) is 0 Å². The van der Waals surface area contributed by atoms with Crippen LogP contribution >= 0.6 is 22.6 Å². The lowest BCUT2D eigenvalue weighted by Crippen LogP contribution is -3.08. The Morgan fingerprint density at radius 2 is 2.11 bits per heavy atom. The molecule has 19 heavy (non-hydrogen) atoms. The molecule has 1 unspecified atom stereocenters. The first-order valence-electron chi connectivity index (χ1n) is 6.03. The highest BCUT2D eigenvalue weighted by molar-refractivity contribution is 14.1. The topological polar surface area (TPSA) is 46.7 Å². The molecule has 0 spiro atoms. The summed E-state index contributed by atoms with van der Waals surface area (Å²) in [6.07, 6.45) is 1.65. The van der Waals surface area contributed by atoms with Crippen LogP contribution in [-0.2, 0) is 11.3 Å². The van der Waals surface area contributed by atoms with Gasteiger partial charge in [-0.05, 0) is 46.9 Å². The van der Waals surface area contributed by atoms with Gasteiger partial charge in [0, 0.05) is 3.57 Å². The summed E-state index contributed by atoms with van der Waals surface area (Å²) in [4.78, 5) is 13.0. The second kappa shape index (κ2) is 6.72. The minimum absolute atomic E-state index is 0.00757. The second-order valence-corrected chi connectivity index (χ2v) is 5.58. The lowest BCUT2D eigenvalue weighted by Gasteiger charge is -2.13. The third-order valence-corrected chi connectivity index (χ3v) is 3.61. The maximum Gasteiger partial charge on any atom is 0.279 e. The number of benzene rings is 1. The van der Waals surface area contributed by atoms with E-state index in [1.54, 1.807) is 6.26 Å². The van der Waals surface area contributed by atoms with Crippen molar-refractivity contribution in [1.82, 2.24) is 0 Å². The van der Waals surface area contributed by atoms with E-state index in [9.17, 15) is 4.79 Å². The predicted octanol–water partition coefficient (Wildman–Crippen LogP) is 1.54. The molecule has 0 aliphatic heterocycles. The fourth-order valence-electron chi connectivity index (χ4n) is 1.80. The summed E-state index contributed by atoms with van der Waals surface area (Å²) in [5, 5.41) is 2.92. The summed E-state index contributed by atoms with van der Waals surface area (Å²) in [5.74, 6) is 0.896. The second-order valence-electron chi connectivity index (χ2n) is 4.42. The van der Waals surface area contributed by atoms with Gasteiger partial charge in [0.25, 0.3) is 5.91 Å². The molecule has 0 saturated heterocycles. The van der Waals surface area contributed by atoms with Gasteiger partial charge in [0.2, 0.25) is 0 Å². The van der Waals surface area contributed by atoms with Gasteiger partial charge in [-0.1, -0.05) is 12.1 Å². The van der Waals surface area contributed by atoms with Crippen LogP contribution in [0.4, 0.5) is 5.69 Å². The number of halogens is 1. The molecule has 2 N–H and O–H groups in total. The Kier molecular flexibility index (Phi) is 4.98. The third kappa shape index (κ3) is 4.36. The van der Waals surface area contributed by atoms with Crippen LogP contribution in [0.2, 0.25) is 0 Å². The third-order valence-electron chi connectivity index (χ3n) is 2.67. The van der Waals surface area contributed by atoms with Crippen LogP contribution in [0, 0.1) is 3.57 Å². The Hall–Kier alpha value is -1.34. The molecule has 1 atom stereocenters. The molecular formula is C14H16IN2O2+. The number of furan rings is 1. The van der Waals surface area contributed by atoms with Crippen LogP contribution in [0.15, 0.2) is 47.1 Å². The Bertz CT molecular complexity index is 540. The fourth-order valence-corrected chi connectivity index (χ4v) is 2.33. The van der Waals surface area contributed by atoms with Crippen molar-refractivity contribution < 1.29 is 14.1 Å². The Morgan fingerprint density at radius 1 is 1.32 bits per heavy atom. The van der Waals surface area contributed by atoms with Gasteiger partial charge >= 0.3 is 0 Å². The number of amides is 1. The van der Waals surface area contributed by atoms with E-state index in [1.165, 1.54) is 0 Å². The molecule has 100 valence electrons. The van der Waals surface area contributed by atoms with Gasteiger partial charge in [-0.3, -0.25) is 4.79 Å². The molecule has 0 bridgehead atoms. The van der Waals surface area contributed by atoms with E-state index in [2.05, 4.69) is 27.9 Å². The van der Waals surface area contributed by atoms with Gasteiger partial charge in [0.15, 0.2) is 12.3 Å². The summed E-state index contributed by atoms with van der Waals surface area (Å²) < 4.78 is 6.31. The number of hydrogen-bond acceptors (Lipinski definition) is 2. The predicted molar refractivity (Wildman–Crippen MR) is 82.0 cm³/mol. The summed E-state index contributed by atoms with van der Waals surface area (Å²) in [6.45, 7) is 1.11. The van der Waals surface area contributed by atoms with Gasteiger partial charge in [-0.15, -0.1) is 0 Å². The highest BCUT2D eigenvalue weighted by Crippen LogP contribution is 2.16. The largest absolute Gasteiger partial charge is 0.463 e. The van der Waals surface area contributed by atoms with Crippen molar-refractivity contribution in [1.29, 1.82) is 0 Å². The van der Waals surface area contributed by atoms with Crippen molar-refractivity contribution in [3.63, 3.8) is 0 Å². The zero-order valence-corrected chi connectivity index (χ0v) is 12.8. The molecule has 0 radical (unpaired) electrons. The first kappa shape index (κ1) is 14.1. The number of quaternary nitrogens is 1. The number of hydrogen-bond donors (Lipinski definition) is 2.